The first-order chi connectivity index (χ1) is 13.1. The van der Waals surface area contributed by atoms with Gasteiger partial charge in [-0.2, -0.15) is 5.10 Å². The number of hydrazone groups is 1. The van der Waals surface area contributed by atoms with Crippen molar-refractivity contribution in [1.29, 1.82) is 0 Å². The zero-order chi connectivity index (χ0) is 18.8. The van der Waals surface area contributed by atoms with Crippen LogP contribution in [0.1, 0.15) is 48.6 Å². The molecule has 0 N–H and O–H groups in total. The van der Waals surface area contributed by atoms with Crippen molar-refractivity contribution < 1.29 is 18.7 Å². The van der Waals surface area contributed by atoms with E-state index < -0.39 is 0 Å². The van der Waals surface area contributed by atoms with Crippen molar-refractivity contribution in [1.82, 2.24) is 5.01 Å². The van der Waals surface area contributed by atoms with Crippen molar-refractivity contribution in [2.24, 2.45) is 11.0 Å². The Morgan fingerprint density at radius 2 is 2.00 bits per heavy atom. The van der Waals surface area contributed by atoms with Crippen molar-refractivity contribution in [3.05, 3.63) is 59.5 Å². The Labute approximate surface area is 157 Å². The van der Waals surface area contributed by atoms with Gasteiger partial charge in [0.25, 0.3) is 5.91 Å². The quantitative estimate of drug-likeness (QED) is 0.758. The van der Waals surface area contributed by atoms with Crippen LogP contribution in [0.5, 0.6) is 0 Å². The molecule has 1 saturated carbocycles. The number of carbonyl (C=O) groups excluding carboxylic acids is 2. The Balaban J connectivity index is 1.51. The molecule has 4 rings (SSSR count). The zero-order valence-electron chi connectivity index (χ0n) is 15.3. The van der Waals surface area contributed by atoms with Crippen LogP contribution >= 0.6 is 0 Å². The van der Waals surface area contributed by atoms with E-state index in [1.54, 1.807) is 12.3 Å². The lowest BCUT2D eigenvalue weighted by Gasteiger charge is -2.24. The number of nitrogens with zero attached hydrogens (tertiary/aromatic N) is 2. The van der Waals surface area contributed by atoms with Crippen molar-refractivity contribution in [2.45, 2.75) is 38.6 Å². The summed E-state index contributed by atoms with van der Waals surface area (Å²) in [7, 11) is 0. The molecule has 0 radical (unpaired) electrons. The summed E-state index contributed by atoms with van der Waals surface area (Å²) < 4.78 is 10.7. The number of amides is 1. The second kappa shape index (κ2) is 7.39. The van der Waals surface area contributed by atoms with E-state index in [0.717, 1.165) is 36.1 Å². The number of benzene rings is 1. The van der Waals surface area contributed by atoms with Crippen LogP contribution in [0.4, 0.5) is 0 Å². The summed E-state index contributed by atoms with van der Waals surface area (Å²) in [4.78, 5) is 24.6. The highest BCUT2D eigenvalue weighted by atomic mass is 16.5. The second-order valence-electron chi connectivity index (χ2n) is 7.12. The highest BCUT2D eigenvalue weighted by Gasteiger charge is 2.36. The van der Waals surface area contributed by atoms with E-state index in [2.05, 4.69) is 5.10 Å². The normalized spacial score (nSPS) is 19.5. The fourth-order valence-corrected chi connectivity index (χ4v) is 3.32. The van der Waals surface area contributed by atoms with Gasteiger partial charge in [-0.05, 0) is 37.5 Å². The van der Waals surface area contributed by atoms with Gasteiger partial charge >= 0.3 is 5.97 Å². The largest absolute Gasteiger partial charge is 0.467 e. The third-order valence-corrected chi connectivity index (χ3v) is 5.20. The van der Waals surface area contributed by atoms with Gasteiger partial charge in [0.1, 0.15) is 11.8 Å². The third-order valence-electron chi connectivity index (χ3n) is 5.20. The minimum absolute atomic E-state index is 0.0520. The molecule has 1 atom stereocenters. The fourth-order valence-electron chi connectivity index (χ4n) is 3.32. The predicted molar refractivity (Wildman–Crippen MR) is 98.9 cm³/mol. The van der Waals surface area contributed by atoms with Crippen molar-refractivity contribution in [3.8, 4) is 0 Å². The molecule has 1 aliphatic carbocycles. The second-order valence-corrected chi connectivity index (χ2v) is 7.12. The molecule has 1 aromatic carbocycles. The van der Waals surface area contributed by atoms with E-state index in [0.29, 0.717) is 12.2 Å². The molecule has 0 spiro atoms. The highest BCUT2D eigenvalue weighted by molar-refractivity contribution is 6.03. The minimum Gasteiger partial charge on any atom is -0.467 e. The van der Waals surface area contributed by atoms with Crippen LogP contribution in [0, 0.1) is 12.8 Å². The summed E-state index contributed by atoms with van der Waals surface area (Å²) in [6, 6.07) is 11.3. The van der Waals surface area contributed by atoms with E-state index in [-0.39, 0.29) is 30.4 Å². The van der Waals surface area contributed by atoms with Crippen LogP contribution in [-0.4, -0.2) is 29.2 Å². The standard InChI is InChI=1S/C21H22N2O4/c1-14-7-9-15(10-8-14)17-12-18(19-6-3-11-26-19)23(22-17)20(24)13-27-21(25)16-4-2-5-16/h3,6-11,16,18H,2,4-5,12-13H2,1H3/t18-/m0/s1. The summed E-state index contributed by atoms with van der Waals surface area (Å²) >= 11 is 0. The molecule has 0 bridgehead atoms. The van der Waals surface area contributed by atoms with E-state index in [9.17, 15) is 9.59 Å². The number of ether oxygens (including phenoxy) is 1. The van der Waals surface area contributed by atoms with E-state index in [1.807, 2.05) is 37.3 Å². The van der Waals surface area contributed by atoms with Crippen LogP contribution in [0.2, 0.25) is 0 Å². The molecule has 2 aromatic rings. The molecule has 1 aromatic heterocycles. The topological polar surface area (TPSA) is 72.1 Å². The molecule has 2 heterocycles. The molecular weight excluding hydrogens is 344 g/mol. The van der Waals surface area contributed by atoms with Gasteiger partial charge in [0.15, 0.2) is 6.61 Å². The van der Waals surface area contributed by atoms with Crippen LogP contribution in [0.15, 0.2) is 52.2 Å². The van der Waals surface area contributed by atoms with Crippen LogP contribution in [0.3, 0.4) is 0 Å². The van der Waals surface area contributed by atoms with Crippen molar-refractivity contribution >= 4 is 17.6 Å². The smallest absolute Gasteiger partial charge is 0.309 e. The Morgan fingerprint density at radius 3 is 2.63 bits per heavy atom. The van der Waals surface area contributed by atoms with Gasteiger partial charge in [-0.25, -0.2) is 5.01 Å². The molecule has 1 amide bonds. The molecule has 6 heteroatoms. The predicted octanol–water partition coefficient (Wildman–Crippen LogP) is 3.61. The number of esters is 1. The van der Waals surface area contributed by atoms with Gasteiger partial charge in [-0.1, -0.05) is 36.2 Å². The minimum atomic E-state index is -0.341. The van der Waals surface area contributed by atoms with Crippen LogP contribution in [0.25, 0.3) is 0 Å². The summed E-state index contributed by atoms with van der Waals surface area (Å²) in [5.74, 6) is -0.0133. The average Bonchev–Trinajstić information content (AvgIpc) is 3.28. The molecule has 0 saturated heterocycles. The lowest BCUT2D eigenvalue weighted by Crippen LogP contribution is -2.33. The number of furan rings is 1. The summed E-state index contributed by atoms with van der Waals surface area (Å²) in [5, 5.41) is 5.92. The number of rotatable bonds is 5. The van der Waals surface area contributed by atoms with E-state index in [1.165, 1.54) is 5.01 Å². The Hall–Kier alpha value is -2.89. The molecule has 1 fully saturated rings. The summed E-state index contributed by atoms with van der Waals surface area (Å²) in [5.41, 5.74) is 2.95. The molecule has 140 valence electrons. The Kier molecular flexibility index (Phi) is 4.79. The molecular formula is C21H22N2O4. The first-order valence-corrected chi connectivity index (χ1v) is 9.28. The third kappa shape index (κ3) is 3.65. The van der Waals surface area contributed by atoms with Gasteiger partial charge in [0, 0.05) is 6.42 Å². The molecule has 2 aliphatic rings. The molecule has 27 heavy (non-hydrogen) atoms. The first kappa shape index (κ1) is 17.5. The zero-order valence-corrected chi connectivity index (χ0v) is 15.3. The number of carbonyl (C=O) groups is 2. The van der Waals surface area contributed by atoms with Crippen molar-refractivity contribution in [3.63, 3.8) is 0 Å². The van der Waals surface area contributed by atoms with Crippen LogP contribution < -0.4 is 0 Å². The monoisotopic (exact) mass is 366 g/mol. The maximum atomic E-state index is 12.7. The lowest BCUT2D eigenvalue weighted by molar-refractivity contribution is -0.158. The van der Waals surface area contributed by atoms with Crippen molar-refractivity contribution in [2.75, 3.05) is 6.61 Å². The SMILES string of the molecule is Cc1ccc(C2=NN(C(=O)COC(=O)C3CCC3)[C@H](c3ccco3)C2)cc1. The van der Waals surface area contributed by atoms with Gasteiger partial charge in [-0.3, -0.25) is 9.59 Å². The molecule has 1 aliphatic heterocycles. The maximum absolute atomic E-state index is 12.7. The van der Waals surface area contributed by atoms with Gasteiger partial charge in [0.2, 0.25) is 0 Å². The van der Waals surface area contributed by atoms with Gasteiger partial charge in [-0.15, -0.1) is 0 Å². The summed E-state index contributed by atoms with van der Waals surface area (Å²) in [6.07, 6.45) is 4.88. The maximum Gasteiger partial charge on any atom is 0.309 e. The lowest BCUT2D eigenvalue weighted by atomic mass is 9.86. The molecule has 6 nitrogen and oxygen atoms in total. The highest BCUT2D eigenvalue weighted by Crippen LogP contribution is 2.33. The van der Waals surface area contributed by atoms with Crippen LogP contribution in [-0.2, 0) is 14.3 Å². The number of hydrogen-bond acceptors (Lipinski definition) is 5. The van der Waals surface area contributed by atoms with Gasteiger partial charge < -0.3 is 9.15 Å². The first-order valence-electron chi connectivity index (χ1n) is 9.28. The summed E-state index contributed by atoms with van der Waals surface area (Å²) in [6.45, 7) is 1.73. The Morgan fingerprint density at radius 1 is 1.22 bits per heavy atom. The average molecular weight is 366 g/mol. The molecule has 0 unspecified atom stereocenters. The van der Waals surface area contributed by atoms with Gasteiger partial charge in [0.05, 0.1) is 17.9 Å². The van der Waals surface area contributed by atoms with E-state index in [4.69, 9.17) is 9.15 Å². The Bertz CT molecular complexity index is 851. The number of hydrogen-bond donors (Lipinski definition) is 0. The fraction of sp³-hybridized carbons (Fsp3) is 0.381. The van der Waals surface area contributed by atoms with E-state index >= 15 is 0 Å². The number of aryl methyl sites for hydroxylation is 1.